The highest BCUT2D eigenvalue weighted by molar-refractivity contribution is 6.30. The molecule has 1 heterocycles. The monoisotopic (exact) mass is 405 g/mol. The number of amides is 1. The van der Waals surface area contributed by atoms with Crippen molar-refractivity contribution in [2.24, 2.45) is 0 Å². The van der Waals surface area contributed by atoms with Crippen LogP contribution in [0.15, 0.2) is 66.7 Å². The van der Waals surface area contributed by atoms with E-state index in [1.165, 1.54) is 6.07 Å². The summed E-state index contributed by atoms with van der Waals surface area (Å²) in [7, 11) is 0. The summed E-state index contributed by atoms with van der Waals surface area (Å²) in [6.45, 7) is 0.111. The summed E-state index contributed by atoms with van der Waals surface area (Å²) in [6, 6.07) is 17.8. The number of anilines is 2. The first-order valence-electron chi connectivity index (χ1n) is 8.26. The number of rotatable bonds is 5. The Bertz CT molecular complexity index is 978. The number of halogens is 4. The van der Waals surface area contributed by atoms with Gasteiger partial charge in [-0.25, -0.2) is 4.98 Å². The zero-order chi connectivity index (χ0) is 20.1. The van der Waals surface area contributed by atoms with Crippen LogP contribution in [0.2, 0.25) is 5.02 Å². The maximum absolute atomic E-state index is 13.5. The predicted octanol–water partition coefficient (Wildman–Crippen LogP) is 5.43. The van der Waals surface area contributed by atoms with Crippen LogP contribution in [0, 0.1) is 0 Å². The number of nitrogens with zero attached hydrogens (tertiary/aromatic N) is 1. The molecule has 0 radical (unpaired) electrons. The fourth-order valence-electron chi connectivity index (χ4n) is 2.52. The van der Waals surface area contributed by atoms with Crippen molar-refractivity contribution in [3.05, 3.63) is 88.6 Å². The van der Waals surface area contributed by atoms with Crippen LogP contribution in [0.25, 0.3) is 0 Å². The number of hydrogen-bond acceptors (Lipinski definition) is 3. The number of carbonyl (C=O) groups is 1. The third kappa shape index (κ3) is 5.01. The van der Waals surface area contributed by atoms with E-state index in [0.717, 1.165) is 11.6 Å². The normalized spacial score (nSPS) is 11.1. The minimum Gasteiger partial charge on any atom is -0.348 e. The number of nitrogens with one attached hydrogen (secondary N) is 2. The molecule has 1 amide bonds. The summed E-state index contributed by atoms with van der Waals surface area (Å²) in [5, 5.41) is 5.67. The van der Waals surface area contributed by atoms with Crippen LogP contribution in [0.5, 0.6) is 0 Å². The maximum atomic E-state index is 13.5. The zero-order valence-corrected chi connectivity index (χ0v) is 15.2. The quantitative estimate of drug-likeness (QED) is 0.595. The van der Waals surface area contributed by atoms with E-state index in [2.05, 4.69) is 15.6 Å². The Morgan fingerprint density at radius 2 is 1.75 bits per heavy atom. The molecule has 28 heavy (non-hydrogen) atoms. The smallest absolute Gasteiger partial charge is 0.348 e. The molecule has 0 aliphatic rings. The van der Waals surface area contributed by atoms with Gasteiger partial charge in [-0.2, -0.15) is 13.2 Å². The number of pyridine rings is 1. The highest BCUT2D eigenvalue weighted by atomic mass is 35.5. The number of alkyl halides is 3. The molecule has 2 aromatic carbocycles. The summed E-state index contributed by atoms with van der Waals surface area (Å²) in [4.78, 5) is 15.9. The average Bonchev–Trinajstić information content (AvgIpc) is 2.66. The van der Waals surface area contributed by atoms with Gasteiger partial charge in [0.1, 0.15) is 5.82 Å². The first-order valence-corrected chi connectivity index (χ1v) is 8.64. The molecule has 0 atom stereocenters. The third-order valence-corrected chi connectivity index (χ3v) is 4.04. The molecule has 1 aromatic heterocycles. The third-order valence-electron chi connectivity index (χ3n) is 3.80. The molecule has 3 rings (SSSR count). The molecule has 3 aromatic rings. The molecular weight excluding hydrogens is 391 g/mol. The Labute approximate surface area is 164 Å². The lowest BCUT2D eigenvalue weighted by atomic mass is 10.1. The van der Waals surface area contributed by atoms with Gasteiger partial charge in [0.2, 0.25) is 0 Å². The molecule has 4 nitrogen and oxygen atoms in total. The molecule has 8 heteroatoms. The van der Waals surface area contributed by atoms with E-state index < -0.39 is 23.3 Å². The molecule has 0 saturated carbocycles. The minimum atomic E-state index is -4.79. The summed E-state index contributed by atoms with van der Waals surface area (Å²) in [6.07, 6.45) is -4.79. The molecule has 0 fully saturated rings. The standard InChI is InChI=1S/C20H15ClF3N3O/c21-14-7-4-8-15(11-14)26-17-10-9-16(18(27-17)20(22,23)24)19(28)25-12-13-5-2-1-3-6-13/h1-11H,12H2,(H,25,28)(H,26,27). The molecule has 0 aliphatic carbocycles. The molecule has 0 unspecified atom stereocenters. The first kappa shape index (κ1) is 19.7. The number of aromatic nitrogens is 1. The van der Waals surface area contributed by atoms with E-state index in [-0.39, 0.29) is 12.4 Å². The molecule has 0 bridgehead atoms. The first-order chi connectivity index (χ1) is 13.3. The fourth-order valence-corrected chi connectivity index (χ4v) is 2.71. The van der Waals surface area contributed by atoms with Crippen molar-refractivity contribution >= 4 is 29.0 Å². The van der Waals surface area contributed by atoms with Crippen molar-refractivity contribution in [2.45, 2.75) is 12.7 Å². The Balaban J connectivity index is 1.83. The lowest BCUT2D eigenvalue weighted by molar-refractivity contribution is -0.141. The zero-order valence-electron chi connectivity index (χ0n) is 14.4. The van der Waals surface area contributed by atoms with Crippen LogP contribution in [0.1, 0.15) is 21.6 Å². The summed E-state index contributed by atoms with van der Waals surface area (Å²) in [5.74, 6) is -0.896. The van der Waals surface area contributed by atoms with Crippen LogP contribution in [-0.2, 0) is 12.7 Å². The van der Waals surface area contributed by atoms with E-state index in [0.29, 0.717) is 10.7 Å². The van der Waals surface area contributed by atoms with E-state index >= 15 is 0 Å². The summed E-state index contributed by atoms with van der Waals surface area (Å²) in [5.41, 5.74) is -0.545. The van der Waals surface area contributed by atoms with Crippen LogP contribution < -0.4 is 10.6 Å². The van der Waals surface area contributed by atoms with E-state index in [4.69, 9.17) is 11.6 Å². The van der Waals surface area contributed by atoms with E-state index in [1.807, 2.05) is 6.07 Å². The number of benzene rings is 2. The van der Waals surface area contributed by atoms with Crippen molar-refractivity contribution in [1.29, 1.82) is 0 Å². The van der Waals surface area contributed by atoms with Gasteiger partial charge >= 0.3 is 6.18 Å². The minimum absolute atomic E-state index is 0.0470. The van der Waals surface area contributed by atoms with Crippen LogP contribution in [0.3, 0.4) is 0 Å². The highest BCUT2D eigenvalue weighted by Gasteiger charge is 2.37. The van der Waals surface area contributed by atoms with Gasteiger partial charge in [0.05, 0.1) is 5.56 Å². The Kier molecular flexibility index (Phi) is 5.84. The molecule has 2 N–H and O–H groups in total. The van der Waals surface area contributed by atoms with E-state index in [9.17, 15) is 18.0 Å². The van der Waals surface area contributed by atoms with Gasteiger partial charge in [-0.15, -0.1) is 0 Å². The second-order valence-corrected chi connectivity index (χ2v) is 6.33. The van der Waals surface area contributed by atoms with Gasteiger partial charge in [-0.3, -0.25) is 4.79 Å². The van der Waals surface area contributed by atoms with Gasteiger partial charge in [-0.05, 0) is 35.9 Å². The largest absolute Gasteiger partial charge is 0.434 e. The fraction of sp³-hybridized carbons (Fsp3) is 0.100. The molecule has 0 saturated heterocycles. The number of carbonyl (C=O) groups excluding carboxylic acids is 1. The summed E-state index contributed by atoms with van der Waals surface area (Å²) < 4.78 is 40.4. The van der Waals surface area contributed by atoms with Gasteiger partial charge in [-0.1, -0.05) is 48.0 Å². The maximum Gasteiger partial charge on any atom is 0.434 e. The SMILES string of the molecule is O=C(NCc1ccccc1)c1ccc(Nc2cccc(Cl)c2)nc1C(F)(F)F. The van der Waals surface area contributed by atoms with Crippen molar-refractivity contribution in [2.75, 3.05) is 5.32 Å². The van der Waals surface area contributed by atoms with Gasteiger partial charge in [0, 0.05) is 17.3 Å². The molecule has 0 aliphatic heterocycles. The van der Waals surface area contributed by atoms with Gasteiger partial charge in [0.25, 0.3) is 5.91 Å². The average molecular weight is 406 g/mol. The summed E-state index contributed by atoms with van der Waals surface area (Å²) >= 11 is 5.87. The highest BCUT2D eigenvalue weighted by Crippen LogP contribution is 2.32. The van der Waals surface area contributed by atoms with Gasteiger partial charge < -0.3 is 10.6 Å². The lowest BCUT2D eigenvalue weighted by Gasteiger charge is -2.14. The Morgan fingerprint density at radius 1 is 1.00 bits per heavy atom. The second kappa shape index (κ2) is 8.31. The van der Waals surface area contributed by atoms with Gasteiger partial charge in [0.15, 0.2) is 5.69 Å². The lowest BCUT2D eigenvalue weighted by Crippen LogP contribution is -2.26. The van der Waals surface area contributed by atoms with Crippen molar-refractivity contribution in [1.82, 2.24) is 10.3 Å². The molecule has 144 valence electrons. The van der Waals surface area contributed by atoms with Crippen molar-refractivity contribution in [3.8, 4) is 0 Å². The van der Waals surface area contributed by atoms with E-state index in [1.54, 1.807) is 48.5 Å². The predicted molar refractivity (Wildman–Crippen MR) is 102 cm³/mol. The molecular formula is C20H15ClF3N3O. The Hall–Kier alpha value is -3.06. The van der Waals surface area contributed by atoms with Crippen LogP contribution >= 0.6 is 11.6 Å². The van der Waals surface area contributed by atoms with Crippen molar-refractivity contribution < 1.29 is 18.0 Å². The van der Waals surface area contributed by atoms with Crippen LogP contribution in [-0.4, -0.2) is 10.9 Å². The molecule has 0 spiro atoms. The second-order valence-electron chi connectivity index (χ2n) is 5.89. The van der Waals surface area contributed by atoms with Crippen molar-refractivity contribution in [3.63, 3.8) is 0 Å². The number of hydrogen-bond donors (Lipinski definition) is 2. The Morgan fingerprint density at radius 3 is 2.43 bits per heavy atom. The van der Waals surface area contributed by atoms with Crippen LogP contribution in [0.4, 0.5) is 24.7 Å². The topological polar surface area (TPSA) is 54.0 Å².